The van der Waals surface area contributed by atoms with Crippen molar-refractivity contribution in [2.24, 2.45) is 10.8 Å². The minimum absolute atomic E-state index is 0.0136. The lowest BCUT2D eigenvalue weighted by Gasteiger charge is -2.37. The van der Waals surface area contributed by atoms with Gasteiger partial charge in [-0.25, -0.2) is 0 Å². The summed E-state index contributed by atoms with van der Waals surface area (Å²) in [6.45, 7) is 21.7. The molecule has 8 heteroatoms. The van der Waals surface area contributed by atoms with E-state index in [0.717, 1.165) is 36.1 Å². The van der Waals surface area contributed by atoms with Gasteiger partial charge in [0.05, 0.1) is 5.56 Å². The van der Waals surface area contributed by atoms with Crippen molar-refractivity contribution in [2.45, 2.75) is 99.1 Å². The number of fused-ring (bicyclic) bond motifs is 1. The first-order chi connectivity index (χ1) is 18.6. The van der Waals surface area contributed by atoms with Gasteiger partial charge in [0, 0.05) is 18.0 Å². The monoisotopic (exact) mass is 570 g/mol. The van der Waals surface area contributed by atoms with Crippen molar-refractivity contribution >= 4 is 11.0 Å². The molecule has 0 aliphatic rings. The number of phenolic OH excluding ortho intramolecular Hbond substituents is 1. The molecule has 5 nitrogen and oxygen atoms in total. The SMILES string of the molecule is CC(C)(C)CC(C)(C)c1cc(-n2nc3ccc(C(F)(F)F)cc3n2)c(O)c(C(C)(C)CC(C)(C)C)c1.c1cc[nH]c1. The van der Waals surface area contributed by atoms with Crippen molar-refractivity contribution in [3.05, 3.63) is 71.5 Å². The third-order valence-corrected chi connectivity index (χ3v) is 6.96. The van der Waals surface area contributed by atoms with Crippen LogP contribution in [0.4, 0.5) is 13.2 Å². The molecule has 0 unspecified atom stereocenters. The Morgan fingerprint density at radius 1 is 0.707 bits per heavy atom. The number of phenols is 1. The van der Waals surface area contributed by atoms with Crippen molar-refractivity contribution in [2.75, 3.05) is 0 Å². The van der Waals surface area contributed by atoms with Gasteiger partial charge in [0.2, 0.25) is 0 Å². The zero-order chi connectivity index (χ0) is 31.0. The molecule has 0 aliphatic carbocycles. The van der Waals surface area contributed by atoms with Crippen LogP contribution in [0.25, 0.3) is 16.7 Å². The Morgan fingerprint density at radius 2 is 1.24 bits per heavy atom. The van der Waals surface area contributed by atoms with Crippen LogP contribution in [-0.4, -0.2) is 25.1 Å². The van der Waals surface area contributed by atoms with Gasteiger partial charge in [-0.3, -0.25) is 0 Å². The van der Waals surface area contributed by atoms with Gasteiger partial charge in [-0.15, -0.1) is 15.0 Å². The summed E-state index contributed by atoms with van der Waals surface area (Å²) < 4.78 is 39.8. The summed E-state index contributed by atoms with van der Waals surface area (Å²) in [6, 6.07) is 11.2. The summed E-state index contributed by atoms with van der Waals surface area (Å²) in [5.74, 6) is 0.0518. The van der Waals surface area contributed by atoms with Crippen molar-refractivity contribution in [3.8, 4) is 11.4 Å². The van der Waals surface area contributed by atoms with Crippen LogP contribution in [0.2, 0.25) is 0 Å². The quantitative estimate of drug-likeness (QED) is 0.251. The summed E-state index contributed by atoms with van der Waals surface area (Å²) >= 11 is 0. The Hall–Kier alpha value is -3.29. The van der Waals surface area contributed by atoms with Crippen LogP contribution in [0.3, 0.4) is 0 Å². The fourth-order valence-corrected chi connectivity index (χ4v) is 6.00. The van der Waals surface area contributed by atoms with Gasteiger partial charge in [0.15, 0.2) is 0 Å². The molecule has 0 saturated carbocycles. The number of aromatic hydroxyl groups is 1. The fraction of sp³-hybridized carbons (Fsp3) is 0.515. The predicted octanol–water partition coefficient (Wildman–Crippen LogP) is 9.59. The van der Waals surface area contributed by atoms with Crippen LogP contribution in [0.5, 0.6) is 5.75 Å². The second-order valence-corrected chi connectivity index (χ2v) is 14.7. The highest BCUT2D eigenvalue weighted by atomic mass is 19.4. The van der Waals surface area contributed by atoms with Gasteiger partial charge in [-0.05, 0) is 76.5 Å². The molecular formula is C33H45F3N4O. The van der Waals surface area contributed by atoms with E-state index in [2.05, 4.69) is 90.5 Å². The van der Waals surface area contributed by atoms with E-state index in [0.29, 0.717) is 11.2 Å². The summed E-state index contributed by atoms with van der Waals surface area (Å²) in [5.41, 5.74) is 1.33. The molecule has 2 aromatic heterocycles. The van der Waals surface area contributed by atoms with E-state index in [1.807, 2.05) is 30.6 Å². The Balaban J connectivity index is 0.000000832. The average molecular weight is 571 g/mol. The fourth-order valence-electron chi connectivity index (χ4n) is 6.00. The third kappa shape index (κ3) is 8.37. The van der Waals surface area contributed by atoms with Crippen LogP contribution < -0.4 is 0 Å². The Kier molecular flexibility index (Phi) is 8.79. The number of halogens is 3. The second kappa shape index (κ2) is 11.2. The van der Waals surface area contributed by atoms with E-state index in [-0.39, 0.29) is 32.9 Å². The molecule has 0 spiro atoms. The van der Waals surface area contributed by atoms with E-state index >= 15 is 0 Å². The zero-order valence-corrected chi connectivity index (χ0v) is 26.0. The minimum atomic E-state index is -4.47. The molecule has 0 aliphatic heterocycles. The number of rotatable bonds is 5. The number of nitrogens with zero attached hydrogens (tertiary/aromatic N) is 3. The van der Waals surface area contributed by atoms with Gasteiger partial charge < -0.3 is 10.1 Å². The molecule has 0 bridgehead atoms. The molecule has 0 atom stereocenters. The zero-order valence-electron chi connectivity index (χ0n) is 26.0. The number of hydrogen-bond donors (Lipinski definition) is 2. The molecule has 2 N–H and O–H groups in total. The smallest absolute Gasteiger partial charge is 0.416 e. The second-order valence-electron chi connectivity index (χ2n) is 14.7. The van der Waals surface area contributed by atoms with Gasteiger partial charge in [-0.2, -0.15) is 13.2 Å². The van der Waals surface area contributed by atoms with Gasteiger partial charge in [0.1, 0.15) is 22.5 Å². The lowest BCUT2D eigenvalue weighted by atomic mass is 9.68. The van der Waals surface area contributed by atoms with Crippen LogP contribution in [0.1, 0.15) is 98.8 Å². The molecule has 41 heavy (non-hydrogen) atoms. The molecule has 0 fully saturated rings. The van der Waals surface area contributed by atoms with E-state index in [4.69, 9.17) is 0 Å². The van der Waals surface area contributed by atoms with Gasteiger partial charge >= 0.3 is 6.18 Å². The number of H-pyrrole nitrogens is 1. The van der Waals surface area contributed by atoms with Gasteiger partial charge in [0.25, 0.3) is 0 Å². The van der Waals surface area contributed by atoms with E-state index in [1.54, 1.807) is 0 Å². The molecule has 2 aromatic carbocycles. The molecule has 2 heterocycles. The summed E-state index contributed by atoms with van der Waals surface area (Å²) in [7, 11) is 0. The van der Waals surface area contributed by atoms with E-state index in [9.17, 15) is 18.3 Å². The van der Waals surface area contributed by atoms with Crippen molar-refractivity contribution in [1.82, 2.24) is 20.0 Å². The first-order valence-corrected chi connectivity index (χ1v) is 14.0. The molecular weight excluding hydrogens is 525 g/mol. The minimum Gasteiger partial charge on any atom is -0.505 e. The molecule has 0 saturated heterocycles. The van der Waals surface area contributed by atoms with Crippen molar-refractivity contribution < 1.29 is 18.3 Å². The standard InChI is InChI=1S/C29H40F3N3O.C4H5N/c1-25(2,3)16-27(7,8)19-13-20(28(9,10)17-26(4,5)6)24(36)23(15-19)35-33-21-12-11-18(29(30,31)32)14-22(21)34-35;1-2-4-5-3-1/h11-15,36H,16-17H2,1-10H3;1-5H. The molecule has 4 aromatic rings. The number of hydrogen-bond acceptors (Lipinski definition) is 3. The normalized spacial score (nSPS) is 13.3. The van der Waals surface area contributed by atoms with Crippen molar-refractivity contribution in [1.29, 1.82) is 0 Å². The van der Waals surface area contributed by atoms with E-state index < -0.39 is 11.7 Å². The highest BCUT2D eigenvalue weighted by Crippen LogP contribution is 2.46. The van der Waals surface area contributed by atoms with E-state index in [1.165, 1.54) is 10.9 Å². The number of aromatic nitrogens is 4. The Bertz CT molecular complexity index is 1430. The van der Waals surface area contributed by atoms with Crippen LogP contribution in [0.15, 0.2) is 54.9 Å². The Labute approximate surface area is 242 Å². The topological polar surface area (TPSA) is 66.7 Å². The maximum atomic E-state index is 13.3. The van der Waals surface area contributed by atoms with Crippen molar-refractivity contribution in [3.63, 3.8) is 0 Å². The maximum Gasteiger partial charge on any atom is 0.416 e. The maximum absolute atomic E-state index is 13.3. The number of nitrogens with one attached hydrogen (secondary N) is 1. The highest BCUT2D eigenvalue weighted by Gasteiger charge is 2.35. The number of aromatic amines is 1. The first-order valence-electron chi connectivity index (χ1n) is 14.0. The number of benzene rings is 2. The first kappa shape index (κ1) is 32.2. The van der Waals surface area contributed by atoms with Crippen LogP contribution in [0, 0.1) is 10.8 Å². The summed E-state index contributed by atoms with van der Waals surface area (Å²) in [6.07, 6.45) is 0.994. The molecule has 0 amide bonds. The summed E-state index contributed by atoms with van der Waals surface area (Å²) in [5, 5.41) is 20.3. The molecule has 4 rings (SSSR count). The third-order valence-electron chi connectivity index (χ3n) is 6.96. The Morgan fingerprint density at radius 3 is 1.73 bits per heavy atom. The predicted molar refractivity (Wildman–Crippen MR) is 161 cm³/mol. The average Bonchev–Trinajstić information content (AvgIpc) is 3.48. The van der Waals surface area contributed by atoms with Crippen LogP contribution in [-0.2, 0) is 17.0 Å². The lowest BCUT2D eigenvalue weighted by Crippen LogP contribution is -2.28. The highest BCUT2D eigenvalue weighted by molar-refractivity contribution is 5.75. The lowest BCUT2D eigenvalue weighted by molar-refractivity contribution is -0.137. The summed E-state index contributed by atoms with van der Waals surface area (Å²) in [4.78, 5) is 4.13. The van der Waals surface area contributed by atoms with Gasteiger partial charge in [-0.1, -0.05) is 75.3 Å². The number of alkyl halides is 3. The largest absolute Gasteiger partial charge is 0.505 e. The molecule has 0 radical (unpaired) electrons. The molecule has 224 valence electrons. The van der Waals surface area contributed by atoms with Crippen LogP contribution >= 0.6 is 0 Å².